The molecule has 1 heterocycles. The van der Waals surface area contributed by atoms with Crippen molar-refractivity contribution in [2.45, 2.75) is 20.0 Å². The molecule has 0 unspecified atom stereocenters. The van der Waals surface area contributed by atoms with E-state index in [2.05, 4.69) is 0 Å². The van der Waals surface area contributed by atoms with Gasteiger partial charge >= 0.3 is 0 Å². The molecule has 0 aliphatic carbocycles. The first kappa shape index (κ1) is 20.7. The maximum absolute atomic E-state index is 13.3. The summed E-state index contributed by atoms with van der Waals surface area (Å²) < 4.78 is 13.0. The average Bonchev–Trinajstić information content (AvgIpc) is 3.06. The largest absolute Gasteiger partial charge is 0.493 e. The van der Waals surface area contributed by atoms with E-state index >= 15 is 0 Å². The SMILES string of the molecule is COCc1c(C)n(C(=O)c2ccc(OCCc3cccc(N)c3)cc2)c2ccccc12. The van der Waals surface area contributed by atoms with Crippen LogP contribution in [-0.4, -0.2) is 24.2 Å². The predicted octanol–water partition coefficient (Wildman–Crippen LogP) is 4.99. The lowest BCUT2D eigenvalue weighted by Gasteiger charge is -2.10. The highest BCUT2D eigenvalue weighted by Crippen LogP contribution is 2.27. The van der Waals surface area contributed by atoms with Gasteiger partial charge in [-0.3, -0.25) is 9.36 Å². The summed E-state index contributed by atoms with van der Waals surface area (Å²) in [5, 5.41) is 1.04. The number of aromatic nitrogens is 1. The Morgan fingerprint density at radius 2 is 1.77 bits per heavy atom. The topological polar surface area (TPSA) is 66.5 Å². The smallest absolute Gasteiger partial charge is 0.262 e. The minimum atomic E-state index is -0.0673. The number of nitrogens with two attached hydrogens (primary N) is 1. The van der Waals surface area contributed by atoms with Crippen LogP contribution in [0.2, 0.25) is 0 Å². The van der Waals surface area contributed by atoms with Crippen LogP contribution >= 0.6 is 0 Å². The van der Waals surface area contributed by atoms with Gasteiger partial charge in [-0.15, -0.1) is 0 Å². The third kappa shape index (κ3) is 4.32. The van der Waals surface area contributed by atoms with Gasteiger partial charge in [0.05, 0.1) is 18.7 Å². The third-order valence-corrected chi connectivity index (χ3v) is 5.45. The Hall–Kier alpha value is -3.57. The number of methoxy groups -OCH3 is 1. The molecule has 0 atom stereocenters. The summed E-state index contributed by atoms with van der Waals surface area (Å²) in [6, 6.07) is 23.0. The maximum atomic E-state index is 13.3. The molecule has 5 nitrogen and oxygen atoms in total. The average molecular weight is 415 g/mol. The first-order chi connectivity index (χ1) is 15.1. The van der Waals surface area contributed by atoms with Crippen molar-refractivity contribution in [3.63, 3.8) is 0 Å². The van der Waals surface area contributed by atoms with Crippen LogP contribution in [0.25, 0.3) is 10.9 Å². The molecule has 2 N–H and O–H groups in total. The normalized spacial score (nSPS) is 11.0. The van der Waals surface area contributed by atoms with Crippen molar-refractivity contribution in [3.8, 4) is 5.75 Å². The van der Waals surface area contributed by atoms with Crippen LogP contribution in [0.3, 0.4) is 0 Å². The zero-order valence-corrected chi connectivity index (χ0v) is 17.8. The minimum absolute atomic E-state index is 0.0673. The van der Waals surface area contributed by atoms with Gasteiger partial charge < -0.3 is 15.2 Å². The second kappa shape index (κ2) is 9.06. The van der Waals surface area contributed by atoms with Crippen LogP contribution < -0.4 is 10.5 Å². The van der Waals surface area contributed by atoms with Gasteiger partial charge in [-0.25, -0.2) is 0 Å². The number of para-hydroxylation sites is 1. The van der Waals surface area contributed by atoms with Crippen LogP contribution in [0.1, 0.15) is 27.2 Å². The van der Waals surface area contributed by atoms with E-state index in [1.807, 2.05) is 79.7 Å². The molecule has 4 aromatic rings. The number of hydrogen-bond donors (Lipinski definition) is 1. The minimum Gasteiger partial charge on any atom is -0.493 e. The van der Waals surface area contributed by atoms with Gasteiger partial charge in [-0.1, -0.05) is 30.3 Å². The first-order valence-electron chi connectivity index (χ1n) is 10.3. The Morgan fingerprint density at radius 3 is 2.52 bits per heavy atom. The molecule has 5 heteroatoms. The molecule has 0 bridgehead atoms. The Labute approximate surface area is 182 Å². The number of fused-ring (bicyclic) bond motifs is 1. The van der Waals surface area contributed by atoms with Crippen molar-refractivity contribution in [2.24, 2.45) is 0 Å². The van der Waals surface area contributed by atoms with Gasteiger partial charge in [0.25, 0.3) is 5.91 Å². The Morgan fingerprint density at radius 1 is 1.00 bits per heavy atom. The number of ether oxygens (including phenoxy) is 2. The molecule has 0 fully saturated rings. The summed E-state index contributed by atoms with van der Waals surface area (Å²) in [7, 11) is 1.67. The number of benzene rings is 3. The highest BCUT2D eigenvalue weighted by atomic mass is 16.5. The van der Waals surface area contributed by atoms with Crippen molar-refractivity contribution in [1.82, 2.24) is 4.57 Å². The van der Waals surface area contributed by atoms with E-state index in [-0.39, 0.29) is 5.91 Å². The molecule has 0 spiro atoms. The molecule has 4 rings (SSSR count). The summed E-state index contributed by atoms with van der Waals surface area (Å²) in [6.45, 7) is 2.96. The lowest BCUT2D eigenvalue weighted by atomic mass is 10.1. The van der Waals surface area contributed by atoms with E-state index in [9.17, 15) is 4.79 Å². The highest BCUT2D eigenvalue weighted by Gasteiger charge is 2.19. The number of nitrogen functional groups attached to an aromatic ring is 1. The second-order valence-electron chi connectivity index (χ2n) is 7.52. The van der Waals surface area contributed by atoms with Crippen molar-refractivity contribution < 1.29 is 14.3 Å². The van der Waals surface area contributed by atoms with Gasteiger partial charge in [0.1, 0.15) is 5.75 Å². The molecule has 0 saturated carbocycles. The van der Waals surface area contributed by atoms with Crippen LogP contribution in [0.15, 0.2) is 72.8 Å². The first-order valence-corrected chi connectivity index (χ1v) is 10.3. The molecule has 0 aliphatic heterocycles. The summed E-state index contributed by atoms with van der Waals surface area (Å²) in [6.07, 6.45) is 0.766. The molecule has 3 aromatic carbocycles. The summed E-state index contributed by atoms with van der Waals surface area (Å²) in [5.41, 5.74) is 11.1. The lowest BCUT2D eigenvalue weighted by Crippen LogP contribution is -2.13. The van der Waals surface area contributed by atoms with Gasteiger partial charge in [0.2, 0.25) is 0 Å². The molecule has 1 aromatic heterocycles. The molecule has 0 aliphatic rings. The van der Waals surface area contributed by atoms with E-state index < -0.39 is 0 Å². The molecule has 0 saturated heterocycles. The van der Waals surface area contributed by atoms with Gasteiger partial charge in [0.15, 0.2) is 0 Å². The molecular formula is C26H26N2O3. The van der Waals surface area contributed by atoms with E-state index in [0.717, 1.165) is 45.6 Å². The zero-order valence-electron chi connectivity index (χ0n) is 17.8. The lowest BCUT2D eigenvalue weighted by molar-refractivity contribution is 0.0962. The zero-order chi connectivity index (χ0) is 21.8. The Balaban J connectivity index is 1.50. The van der Waals surface area contributed by atoms with Crippen molar-refractivity contribution >= 4 is 22.5 Å². The van der Waals surface area contributed by atoms with E-state index in [1.165, 1.54) is 0 Å². The molecular weight excluding hydrogens is 388 g/mol. The standard InChI is InChI=1S/C26H26N2O3/c1-18-24(17-30-2)23-8-3-4-9-25(23)28(18)26(29)20-10-12-22(13-11-20)31-15-14-19-6-5-7-21(27)16-19/h3-13,16H,14-15,17,27H2,1-2H3. The molecule has 31 heavy (non-hydrogen) atoms. The fourth-order valence-corrected chi connectivity index (χ4v) is 3.88. The second-order valence-corrected chi connectivity index (χ2v) is 7.52. The Kier molecular flexibility index (Phi) is 6.05. The number of carbonyl (C=O) groups is 1. The molecule has 0 radical (unpaired) electrons. The van der Waals surface area contributed by atoms with Gasteiger partial charge in [-0.2, -0.15) is 0 Å². The molecule has 0 amide bonds. The van der Waals surface area contributed by atoms with Crippen LogP contribution in [0.5, 0.6) is 5.75 Å². The van der Waals surface area contributed by atoms with Gasteiger partial charge in [-0.05, 0) is 55.0 Å². The summed E-state index contributed by atoms with van der Waals surface area (Å²) >= 11 is 0. The molecule has 158 valence electrons. The van der Waals surface area contributed by atoms with E-state index in [0.29, 0.717) is 18.8 Å². The summed E-state index contributed by atoms with van der Waals surface area (Å²) in [5.74, 6) is 0.664. The number of nitrogens with zero attached hydrogens (tertiary/aromatic N) is 1. The van der Waals surface area contributed by atoms with Crippen molar-refractivity contribution in [1.29, 1.82) is 0 Å². The number of carbonyl (C=O) groups excluding carboxylic acids is 1. The van der Waals surface area contributed by atoms with Crippen LogP contribution in [-0.2, 0) is 17.8 Å². The van der Waals surface area contributed by atoms with E-state index in [4.69, 9.17) is 15.2 Å². The van der Waals surface area contributed by atoms with Crippen LogP contribution in [0.4, 0.5) is 5.69 Å². The fourth-order valence-electron chi connectivity index (χ4n) is 3.88. The van der Waals surface area contributed by atoms with Crippen LogP contribution in [0, 0.1) is 6.92 Å². The van der Waals surface area contributed by atoms with Crippen molar-refractivity contribution in [2.75, 3.05) is 19.5 Å². The number of anilines is 1. The van der Waals surface area contributed by atoms with Gasteiger partial charge in [0, 0.05) is 41.4 Å². The quantitative estimate of drug-likeness (QED) is 0.433. The maximum Gasteiger partial charge on any atom is 0.262 e. The fraction of sp³-hybridized carbons (Fsp3) is 0.192. The predicted molar refractivity (Wildman–Crippen MR) is 124 cm³/mol. The Bertz CT molecular complexity index is 1210. The van der Waals surface area contributed by atoms with E-state index in [1.54, 1.807) is 11.7 Å². The van der Waals surface area contributed by atoms with Crippen molar-refractivity contribution in [3.05, 3.63) is 95.2 Å². The number of hydrogen-bond acceptors (Lipinski definition) is 4. The third-order valence-electron chi connectivity index (χ3n) is 5.45. The highest BCUT2D eigenvalue weighted by molar-refractivity contribution is 6.04. The summed E-state index contributed by atoms with van der Waals surface area (Å²) in [4.78, 5) is 13.3. The number of rotatable bonds is 7. The monoisotopic (exact) mass is 414 g/mol.